The van der Waals surface area contributed by atoms with Crippen LogP contribution in [0.1, 0.15) is 19.0 Å². The van der Waals surface area contributed by atoms with Crippen LogP contribution in [0.4, 0.5) is 5.13 Å². The predicted octanol–water partition coefficient (Wildman–Crippen LogP) is 3.86. The minimum Gasteiger partial charge on any atom is -0.375 e. The molecule has 3 aromatic heterocycles. The molecule has 102 valence electrons. The standard InChI is InChI=1S/C14H14N4S2/c1-2-5-9-12(11-8-19-14(15)18-11)20-13(17-9)10-6-3-4-7-16-10/h3-4,6-8H,2,5H2,1H3,(H2,15,18). The number of hydrogen-bond donors (Lipinski definition) is 1. The number of aromatic nitrogens is 3. The molecule has 4 nitrogen and oxygen atoms in total. The van der Waals surface area contributed by atoms with Crippen LogP contribution >= 0.6 is 22.7 Å². The minimum atomic E-state index is 0.593. The monoisotopic (exact) mass is 302 g/mol. The van der Waals surface area contributed by atoms with Gasteiger partial charge in [0.1, 0.15) is 5.01 Å². The van der Waals surface area contributed by atoms with E-state index in [0.29, 0.717) is 5.13 Å². The lowest BCUT2D eigenvalue weighted by atomic mass is 10.2. The number of nitrogen functional groups attached to an aromatic ring is 1. The van der Waals surface area contributed by atoms with Crippen LogP contribution in [0.15, 0.2) is 29.8 Å². The van der Waals surface area contributed by atoms with Crippen molar-refractivity contribution in [3.05, 3.63) is 35.5 Å². The van der Waals surface area contributed by atoms with Gasteiger partial charge in [-0.05, 0) is 18.6 Å². The molecule has 0 aliphatic heterocycles. The van der Waals surface area contributed by atoms with Gasteiger partial charge in [-0.15, -0.1) is 22.7 Å². The van der Waals surface area contributed by atoms with Crippen molar-refractivity contribution in [3.63, 3.8) is 0 Å². The summed E-state index contributed by atoms with van der Waals surface area (Å²) in [6.45, 7) is 2.15. The number of aryl methyl sites for hydroxylation is 1. The molecule has 0 fully saturated rings. The fourth-order valence-electron chi connectivity index (χ4n) is 1.95. The fraction of sp³-hybridized carbons (Fsp3) is 0.214. The molecule has 0 saturated carbocycles. The Morgan fingerprint density at radius 2 is 2.10 bits per heavy atom. The molecule has 3 rings (SSSR count). The van der Waals surface area contributed by atoms with Crippen LogP contribution in [0.25, 0.3) is 21.3 Å². The number of rotatable bonds is 4. The summed E-state index contributed by atoms with van der Waals surface area (Å²) in [6, 6.07) is 5.86. The Morgan fingerprint density at radius 1 is 1.20 bits per heavy atom. The Kier molecular flexibility index (Phi) is 3.75. The average Bonchev–Trinajstić information content (AvgIpc) is 3.07. The van der Waals surface area contributed by atoms with E-state index in [4.69, 9.17) is 10.7 Å². The lowest BCUT2D eigenvalue weighted by Gasteiger charge is -1.95. The molecule has 0 aromatic carbocycles. The van der Waals surface area contributed by atoms with Crippen molar-refractivity contribution in [3.8, 4) is 21.3 Å². The van der Waals surface area contributed by atoms with Crippen molar-refractivity contribution in [1.82, 2.24) is 15.0 Å². The van der Waals surface area contributed by atoms with Gasteiger partial charge in [-0.1, -0.05) is 19.4 Å². The van der Waals surface area contributed by atoms with Crippen molar-refractivity contribution < 1.29 is 0 Å². The summed E-state index contributed by atoms with van der Waals surface area (Å²) < 4.78 is 0. The minimum absolute atomic E-state index is 0.593. The average molecular weight is 302 g/mol. The first-order valence-electron chi connectivity index (χ1n) is 6.40. The van der Waals surface area contributed by atoms with Crippen molar-refractivity contribution in [2.45, 2.75) is 19.8 Å². The van der Waals surface area contributed by atoms with Crippen molar-refractivity contribution in [2.75, 3.05) is 5.73 Å². The van der Waals surface area contributed by atoms with Crippen LogP contribution in [0, 0.1) is 0 Å². The molecular weight excluding hydrogens is 288 g/mol. The maximum atomic E-state index is 5.74. The van der Waals surface area contributed by atoms with E-state index in [-0.39, 0.29) is 0 Å². The van der Waals surface area contributed by atoms with E-state index in [0.717, 1.165) is 39.8 Å². The highest BCUT2D eigenvalue weighted by atomic mass is 32.1. The summed E-state index contributed by atoms with van der Waals surface area (Å²) in [5.74, 6) is 0. The Hall–Kier alpha value is -1.79. The van der Waals surface area contributed by atoms with Crippen LogP contribution in [-0.4, -0.2) is 15.0 Å². The third-order valence-electron chi connectivity index (χ3n) is 2.82. The zero-order valence-electron chi connectivity index (χ0n) is 11.0. The molecule has 0 radical (unpaired) electrons. The summed E-state index contributed by atoms with van der Waals surface area (Å²) in [4.78, 5) is 14.6. The van der Waals surface area contributed by atoms with Crippen molar-refractivity contribution in [2.24, 2.45) is 0 Å². The van der Waals surface area contributed by atoms with E-state index in [1.165, 1.54) is 11.3 Å². The second kappa shape index (κ2) is 5.68. The zero-order valence-corrected chi connectivity index (χ0v) is 12.7. The highest BCUT2D eigenvalue weighted by molar-refractivity contribution is 7.19. The first kappa shape index (κ1) is 13.2. The largest absolute Gasteiger partial charge is 0.375 e. The summed E-state index contributed by atoms with van der Waals surface area (Å²) in [5.41, 5.74) is 8.66. The quantitative estimate of drug-likeness (QED) is 0.794. The lowest BCUT2D eigenvalue weighted by Crippen LogP contribution is -1.88. The molecule has 2 N–H and O–H groups in total. The van der Waals surface area contributed by atoms with Crippen LogP contribution in [0.2, 0.25) is 0 Å². The molecule has 0 saturated heterocycles. The first-order valence-corrected chi connectivity index (χ1v) is 8.10. The number of pyridine rings is 1. The smallest absolute Gasteiger partial charge is 0.180 e. The van der Waals surface area contributed by atoms with E-state index in [1.54, 1.807) is 17.5 Å². The second-order valence-corrected chi connectivity index (χ2v) is 6.22. The zero-order chi connectivity index (χ0) is 13.9. The van der Waals surface area contributed by atoms with Gasteiger partial charge in [0.25, 0.3) is 0 Å². The topological polar surface area (TPSA) is 64.7 Å². The number of anilines is 1. The molecule has 20 heavy (non-hydrogen) atoms. The van der Waals surface area contributed by atoms with Gasteiger partial charge in [-0.2, -0.15) is 0 Å². The van der Waals surface area contributed by atoms with E-state index in [2.05, 4.69) is 16.9 Å². The Balaban J connectivity index is 2.07. The lowest BCUT2D eigenvalue weighted by molar-refractivity contribution is 0.894. The number of thiazole rings is 2. The maximum absolute atomic E-state index is 5.74. The van der Waals surface area contributed by atoms with Crippen LogP contribution in [0.5, 0.6) is 0 Å². The van der Waals surface area contributed by atoms with Crippen molar-refractivity contribution >= 4 is 27.8 Å². The molecule has 0 atom stereocenters. The maximum Gasteiger partial charge on any atom is 0.180 e. The molecule has 3 aromatic rings. The highest BCUT2D eigenvalue weighted by Gasteiger charge is 2.16. The van der Waals surface area contributed by atoms with Gasteiger partial charge in [0, 0.05) is 11.6 Å². The van der Waals surface area contributed by atoms with Gasteiger partial charge in [-0.3, -0.25) is 4.98 Å². The van der Waals surface area contributed by atoms with E-state index in [9.17, 15) is 0 Å². The third kappa shape index (κ3) is 2.57. The van der Waals surface area contributed by atoms with Crippen LogP contribution in [-0.2, 0) is 6.42 Å². The Bertz CT molecular complexity index is 703. The molecule has 0 aliphatic rings. The number of nitrogens with two attached hydrogens (primary N) is 1. The predicted molar refractivity (Wildman–Crippen MR) is 84.9 cm³/mol. The summed E-state index contributed by atoms with van der Waals surface area (Å²) >= 11 is 3.10. The van der Waals surface area contributed by atoms with Gasteiger partial charge in [0.05, 0.1) is 22.0 Å². The second-order valence-electron chi connectivity index (χ2n) is 4.33. The van der Waals surface area contributed by atoms with Gasteiger partial charge in [0.2, 0.25) is 0 Å². The van der Waals surface area contributed by atoms with Gasteiger partial charge in [0.15, 0.2) is 5.13 Å². The molecule has 0 bridgehead atoms. The Morgan fingerprint density at radius 3 is 2.75 bits per heavy atom. The molecule has 0 unspecified atom stereocenters. The summed E-state index contributed by atoms with van der Waals surface area (Å²) in [7, 11) is 0. The fourth-order valence-corrected chi connectivity index (χ4v) is 3.63. The molecule has 0 aliphatic carbocycles. The molecular formula is C14H14N4S2. The summed E-state index contributed by atoms with van der Waals surface area (Å²) in [5, 5.41) is 3.52. The normalized spacial score (nSPS) is 10.8. The molecule has 0 spiro atoms. The third-order valence-corrected chi connectivity index (χ3v) is 4.64. The first-order chi connectivity index (χ1) is 9.78. The van der Waals surface area contributed by atoms with Gasteiger partial charge < -0.3 is 5.73 Å². The van der Waals surface area contributed by atoms with E-state index in [1.807, 2.05) is 23.6 Å². The number of hydrogen-bond acceptors (Lipinski definition) is 6. The summed E-state index contributed by atoms with van der Waals surface area (Å²) in [6.07, 6.45) is 3.78. The molecule has 6 heteroatoms. The van der Waals surface area contributed by atoms with Crippen LogP contribution in [0.3, 0.4) is 0 Å². The molecule has 0 amide bonds. The molecule has 3 heterocycles. The number of nitrogens with zero attached hydrogens (tertiary/aromatic N) is 3. The van der Waals surface area contributed by atoms with E-state index >= 15 is 0 Å². The van der Waals surface area contributed by atoms with Crippen molar-refractivity contribution in [1.29, 1.82) is 0 Å². The highest BCUT2D eigenvalue weighted by Crippen LogP contribution is 2.36. The van der Waals surface area contributed by atoms with Crippen LogP contribution < -0.4 is 5.73 Å². The van der Waals surface area contributed by atoms with Gasteiger partial charge in [-0.25, -0.2) is 9.97 Å². The van der Waals surface area contributed by atoms with E-state index < -0.39 is 0 Å². The van der Waals surface area contributed by atoms with Gasteiger partial charge >= 0.3 is 0 Å². The SMILES string of the molecule is CCCc1nc(-c2ccccn2)sc1-c1csc(N)n1. The Labute approximate surface area is 125 Å².